The summed E-state index contributed by atoms with van der Waals surface area (Å²) in [6.45, 7) is 0. The number of fused-ring (bicyclic) bond motifs is 1. The molecule has 0 spiro atoms. The van der Waals surface area contributed by atoms with Crippen molar-refractivity contribution >= 4 is 45.8 Å². The summed E-state index contributed by atoms with van der Waals surface area (Å²) in [4.78, 5) is 19.2. The highest BCUT2D eigenvalue weighted by Gasteiger charge is 2.09. The predicted molar refractivity (Wildman–Crippen MR) is 80.5 cm³/mol. The molecule has 3 aromatic rings. The Balaban J connectivity index is 1.85. The maximum Gasteiger partial charge on any atom is 0.255 e. The number of amides is 1. The van der Waals surface area contributed by atoms with Crippen molar-refractivity contribution in [3.05, 3.63) is 58.3 Å². The van der Waals surface area contributed by atoms with Gasteiger partial charge in [0.25, 0.3) is 5.91 Å². The van der Waals surface area contributed by atoms with E-state index in [2.05, 4.69) is 15.3 Å². The smallest absolute Gasteiger partial charge is 0.255 e. The number of hydrogen-bond acceptors (Lipinski definition) is 2. The molecule has 3 rings (SSSR count). The van der Waals surface area contributed by atoms with Crippen molar-refractivity contribution in [2.24, 2.45) is 0 Å². The second kappa shape index (κ2) is 5.15. The second-order valence-electron chi connectivity index (χ2n) is 4.22. The highest BCUT2D eigenvalue weighted by Crippen LogP contribution is 2.23. The van der Waals surface area contributed by atoms with E-state index >= 15 is 0 Å². The molecule has 6 heteroatoms. The first-order chi connectivity index (χ1) is 9.63. The quantitative estimate of drug-likeness (QED) is 0.748. The van der Waals surface area contributed by atoms with Crippen LogP contribution in [-0.4, -0.2) is 15.9 Å². The third-order valence-electron chi connectivity index (χ3n) is 2.86. The maximum absolute atomic E-state index is 12.1. The topological polar surface area (TPSA) is 57.8 Å². The number of aromatic amines is 1. The van der Waals surface area contributed by atoms with Crippen molar-refractivity contribution in [2.45, 2.75) is 0 Å². The Morgan fingerprint density at radius 1 is 1.10 bits per heavy atom. The van der Waals surface area contributed by atoms with Gasteiger partial charge in [0.1, 0.15) is 0 Å². The van der Waals surface area contributed by atoms with Gasteiger partial charge in [-0.05, 0) is 36.4 Å². The SMILES string of the molecule is O=C(Nc1ccc2nc[nH]c2c1)c1ccc(Cl)c(Cl)c1. The van der Waals surface area contributed by atoms with E-state index in [-0.39, 0.29) is 5.91 Å². The maximum atomic E-state index is 12.1. The molecule has 0 bridgehead atoms. The van der Waals surface area contributed by atoms with Gasteiger partial charge in [-0.2, -0.15) is 0 Å². The van der Waals surface area contributed by atoms with E-state index in [0.717, 1.165) is 11.0 Å². The van der Waals surface area contributed by atoms with E-state index in [9.17, 15) is 4.79 Å². The van der Waals surface area contributed by atoms with Crippen molar-refractivity contribution in [3.8, 4) is 0 Å². The minimum atomic E-state index is -0.248. The summed E-state index contributed by atoms with van der Waals surface area (Å²) >= 11 is 11.7. The van der Waals surface area contributed by atoms with Gasteiger partial charge in [-0.1, -0.05) is 23.2 Å². The minimum absolute atomic E-state index is 0.248. The summed E-state index contributed by atoms with van der Waals surface area (Å²) in [5, 5.41) is 3.57. The number of H-pyrrole nitrogens is 1. The van der Waals surface area contributed by atoms with Gasteiger partial charge in [-0.3, -0.25) is 4.79 Å². The average Bonchev–Trinajstić information content (AvgIpc) is 2.89. The predicted octanol–water partition coefficient (Wildman–Crippen LogP) is 4.12. The molecule has 2 N–H and O–H groups in total. The molecule has 0 radical (unpaired) electrons. The number of anilines is 1. The number of halogens is 2. The van der Waals surface area contributed by atoms with Crippen molar-refractivity contribution < 1.29 is 4.79 Å². The van der Waals surface area contributed by atoms with Crippen LogP contribution < -0.4 is 5.32 Å². The third kappa shape index (κ3) is 2.48. The molecule has 0 atom stereocenters. The molecule has 0 saturated heterocycles. The Labute approximate surface area is 124 Å². The van der Waals surface area contributed by atoms with Gasteiger partial charge in [-0.15, -0.1) is 0 Å². The normalized spacial score (nSPS) is 10.7. The van der Waals surface area contributed by atoms with E-state index in [1.165, 1.54) is 6.07 Å². The van der Waals surface area contributed by atoms with E-state index in [1.807, 2.05) is 12.1 Å². The molecule has 4 nitrogen and oxygen atoms in total. The molecular formula is C14H9Cl2N3O. The summed E-state index contributed by atoms with van der Waals surface area (Å²) in [5.74, 6) is -0.248. The van der Waals surface area contributed by atoms with Gasteiger partial charge in [0.15, 0.2) is 0 Å². The van der Waals surface area contributed by atoms with Crippen LogP contribution in [0.25, 0.3) is 11.0 Å². The number of hydrogen-bond donors (Lipinski definition) is 2. The molecule has 0 aliphatic rings. The third-order valence-corrected chi connectivity index (χ3v) is 3.60. The monoisotopic (exact) mass is 305 g/mol. The van der Waals surface area contributed by atoms with Crippen molar-refractivity contribution in [2.75, 3.05) is 5.32 Å². The van der Waals surface area contributed by atoms with Crippen LogP contribution in [0.15, 0.2) is 42.7 Å². The lowest BCUT2D eigenvalue weighted by Gasteiger charge is -2.06. The van der Waals surface area contributed by atoms with Crippen LogP contribution in [0.2, 0.25) is 10.0 Å². The Bertz CT molecular complexity index is 798. The first kappa shape index (κ1) is 13.0. The molecule has 0 unspecified atom stereocenters. The van der Waals surface area contributed by atoms with E-state index in [4.69, 9.17) is 23.2 Å². The van der Waals surface area contributed by atoms with Crippen molar-refractivity contribution in [1.82, 2.24) is 9.97 Å². The van der Waals surface area contributed by atoms with Gasteiger partial charge in [0, 0.05) is 11.3 Å². The molecule has 1 amide bonds. The summed E-state index contributed by atoms with van der Waals surface area (Å²) in [6, 6.07) is 10.2. The van der Waals surface area contributed by atoms with Crippen LogP contribution in [0, 0.1) is 0 Å². The second-order valence-corrected chi connectivity index (χ2v) is 5.03. The molecule has 0 saturated carbocycles. The van der Waals surface area contributed by atoms with E-state index in [1.54, 1.807) is 24.5 Å². The van der Waals surface area contributed by atoms with E-state index in [0.29, 0.717) is 21.3 Å². The lowest BCUT2D eigenvalue weighted by Crippen LogP contribution is -2.11. The number of imidazole rings is 1. The zero-order valence-electron chi connectivity index (χ0n) is 10.2. The molecule has 1 heterocycles. The minimum Gasteiger partial charge on any atom is -0.345 e. The van der Waals surface area contributed by atoms with Crippen LogP contribution in [0.4, 0.5) is 5.69 Å². The number of nitrogens with one attached hydrogen (secondary N) is 2. The fourth-order valence-corrected chi connectivity index (χ4v) is 2.15. The molecule has 0 aliphatic carbocycles. The number of carbonyl (C=O) groups is 1. The standard InChI is InChI=1S/C14H9Cl2N3O/c15-10-3-1-8(5-11(10)16)14(20)19-9-2-4-12-13(6-9)18-7-17-12/h1-7H,(H,17,18)(H,19,20). The van der Waals surface area contributed by atoms with Crippen LogP contribution in [0.5, 0.6) is 0 Å². The van der Waals surface area contributed by atoms with Gasteiger partial charge in [-0.25, -0.2) is 4.98 Å². The number of nitrogens with zero attached hydrogens (tertiary/aromatic N) is 1. The zero-order chi connectivity index (χ0) is 14.1. The molecule has 2 aromatic carbocycles. The van der Waals surface area contributed by atoms with E-state index < -0.39 is 0 Å². The Hall–Kier alpha value is -2.04. The highest BCUT2D eigenvalue weighted by molar-refractivity contribution is 6.42. The summed E-state index contributed by atoms with van der Waals surface area (Å²) in [6.07, 6.45) is 1.61. The Kier molecular flexibility index (Phi) is 3.34. The van der Waals surface area contributed by atoms with Gasteiger partial charge in [0.2, 0.25) is 0 Å². The van der Waals surface area contributed by atoms with Gasteiger partial charge >= 0.3 is 0 Å². The van der Waals surface area contributed by atoms with Crippen LogP contribution in [0.3, 0.4) is 0 Å². The molecule has 0 fully saturated rings. The van der Waals surface area contributed by atoms with Crippen LogP contribution >= 0.6 is 23.2 Å². The number of benzene rings is 2. The number of rotatable bonds is 2. The lowest BCUT2D eigenvalue weighted by molar-refractivity contribution is 0.102. The molecule has 100 valence electrons. The van der Waals surface area contributed by atoms with Crippen LogP contribution in [0.1, 0.15) is 10.4 Å². The molecule has 0 aliphatic heterocycles. The fraction of sp³-hybridized carbons (Fsp3) is 0. The molecule has 1 aromatic heterocycles. The van der Waals surface area contributed by atoms with Crippen LogP contribution in [-0.2, 0) is 0 Å². The molecule has 20 heavy (non-hydrogen) atoms. The average molecular weight is 306 g/mol. The van der Waals surface area contributed by atoms with Gasteiger partial charge < -0.3 is 10.3 Å². The number of aromatic nitrogens is 2. The first-order valence-corrected chi connectivity index (χ1v) is 6.58. The molecular weight excluding hydrogens is 297 g/mol. The van der Waals surface area contributed by atoms with Gasteiger partial charge in [0.05, 0.1) is 27.4 Å². The largest absolute Gasteiger partial charge is 0.345 e. The zero-order valence-corrected chi connectivity index (χ0v) is 11.7. The first-order valence-electron chi connectivity index (χ1n) is 5.83. The number of carbonyl (C=O) groups excluding carboxylic acids is 1. The Morgan fingerprint density at radius 3 is 2.75 bits per heavy atom. The summed E-state index contributed by atoms with van der Waals surface area (Å²) in [7, 11) is 0. The summed E-state index contributed by atoms with van der Waals surface area (Å²) in [5.41, 5.74) is 2.83. The van der Waals surface area contributed by atoms with Crippen molar-refractivity contribution in [3.63, 3.8) is 0 Å². The lowest BCUT2D eigenvalue weighted by atomic mass is 10.2. The highest BCUT2D eigenvalue weighted by atomic mass is 35.5. The summed E-state index contributed by atoms with van der Waals surface area (Å²) < 4.78 is 0. The Morgan fingerprint density at radius 2 is 1.95 bits per heavy atom. The van der Waals surface area contributed by atoms with Crippen molar-refractivity contribution in [1.29, 1.82) is 0 Å². The fourth-order valence-electron chi connectivity index (χ4n) is 1.85.